The summed E-state index contributed by atoms with van der Waals surface area (Å²) >= 11 is 0. The van der Waals surface area contributed by atoms with Crippen LogP contribution in [0, 0.1) is 0 Å². The number of nitrogens with two attached hydrogens (primary N) is 1. The Hall–Kier alpha value is -1.40. The number of amides is 1. The van der Waals surface area contributed by atoms with Crippen LogP contribution in [0.4, 0.5) is 0 Å². The van der Waals surface area contributed by atoms with Crippen molar-refractivity contribution in [2.45, 2.75) is 13.0 Å². The number of nitrogens with zero attached hydrogens (tertiary/aromatic N) is 2. The van der Waals surface area contributed by atoms with Gasteiger partial charge in [-0.3, -0.25) is 15.1 Å². The fourth-order valence-electron chi connectivity index (χ4n) is 1.33. The average molecular weight is 196 g/mol. The standard InChI is InChI=1S/C8H12N4O2/c9-10-8(13)7-4-6(14-11-7)5-12-2-1-3-12/h4H,1-3,5,9H2,(H,10,13). The Labute approximate surface area is 81.0 Å². The minimum atomic E-state index is -0.427. The van der Waals surface area contributed by atoms with E-state index in [1.165, 1.54) is 6.42 Å². The normalized spacial score (nSPS) is 16.4. The molecule has 14 heavy (non-hydrogen) atoms. The fraction of sp³-hybridized carbons (Fsp3) is 0.500. The number of hydrazine groups is 1. The van der Waals surface area contributed by atoms with Gasteiger partial charge in [0.2, 0.25) is 0 Å². The molecule has 1 aliphatic heterocycles. The van der Waals surface area contributed by atoms with E-state index in [1.807, 2.05) is 5.43 Å². The maximum Gasteiger partial charge on any atom is 0.287 e. The van der Waals surface area contributed by atoms with E-state index in [4.69, 9.17) is 10.4 Å². The summed E-state index contributed by atoms with van der Waals surface area (Å²) in [7, 11) is 0. The van der Waals surface area contributed by atoms with Crippen molar-refractivity contribution in [2.75, 3.05) is 13.1 Å². The lowest BCUT2D eigenvalue weighted by Gasteiger charge is -2.29. The molecular formula is C8H12N4O2. The number of likely N-dealkylation sites (tertiary alicyclic amines) is 1. The van der Waals surface area contributed by atoms with Crippen LogP contribution in [0.3, 0.4) is 0 Å². The Balaban J connectivity index is 1.98. The van der Waals surface area contributed by atoms with Gasteiger partial charge in [-0.1, -0.05) is 5.16 Å². The molecule has 0 bridgehead atoms. The summed E-state index contributed by atoms with van der Waals surface area (Å²) in [4.78, 5) is 13.2. The van der Waals surface area contributed by atoms with Gasteiger partial charge in [0.25, 0.3) is 5.91 Å². The molecule has 1 aliphatic rings. The second kappa shape index (κ2) is 3.77. The van der Waals surface area contributed by atoms with Gasteiger partial charge in [0.05, 0.1) is 6.54 Å². The zero-order valence-corrected chi connectivity index (χ0v) is 7.69. The molecule has 2 rings (SSSR count). The van der Waals surface area contributed by atoms with Gasteiger partial charge in [0.1, 0.15) is 0 Å². The third-order valence-electron chi connectivity index (χ3n) is 2.25. The Kier molecular flexibility index (Phi) is 2.47. The van der Waals surface area contributed by atoms with Crippen LogP contribution in [0.15, 0.2) is 10.6 Å². The van der Waals surface area contributed by atoms with Gasteiger partial charge in [0.15, 0.2) is 11.5 Å². The van der Waals surface area contributed by atoms with Crippen LogP contribution in [-0.4, -0.2) is 29.1 Å². The summed E-state index contributed by atoms with van der Waals surface area (Å²) in [6.07, 6.45) is 1.23. The van der Waals surface area contributed by atoms with Crippen molar-refractivity contribution in [1.82, 2.24) is 15.5 Å². The molecule has 1 aromatic heterocycles. The zero-order valence-electron chi connectivity index (χ0n) is 7.69. The van der Waals surface area contributed by atoms with Gasteiger partial charge < -0.3 is 4.52 Å². The van der Waals surface area contributed by atoms with Crippen LogP contribution in [0.1, 0.15) is 22.7 Å². The summed E-state index contributed by atoms with van der Waals surface area (Å²) < 4.78 is 4.99. The highest BCUT2D eigenvalue weighted by atomic mass is 16.5. The number of aromatic nitrogens is 1. The first-order valence-corrected chi connectivity index (χ1v) is 4.48. The molecule has 1 amide bonds. The quantitative estimate of drug-likeness (QED) is 0.386. The smallest absolute Gasteiger partial charge is 0.287 e. The van der Waals surface area contributed by atoms with E-state index in [0.717, 1.165) is 13.1 Å². The van der Waals surface area contributed by atoms with Crippen LogP contribution >= 0.6 is 0 Å². The summed E-state index contributed by atoms with van der Waals surface area (Å²) in [6, 6.07) is 1.61. The Bertz CT molecular complexity index is 332. The summed E-state index contributed by atoms with van der Waals surface area (Å²) in [5.74, 6) is 5.23. The Morgan fingerprint density at radius 2 is 2.50 bits per heavy atom. The highest BCUT2D eigenvalue weighted by Crippen LogP contribution is 2.12. The Morgan fingerprint density at radius 3 is 3.07 bits per heavy atom. The molecule has 6 heteroatoms. The summed E-state index contributed by atoms with van der Waals surface area (Å²) in [5.41, 5.74) is 2.23. The lowest BCUT2D eigenvalue weighted by atomic mass is 10.2. The molecule has 0 saturated carbocycles. The van der Waals surface area contributed by atoms with E-state index in [9.17, 15) is 4.79 Å². The molecule has 3 N–H and O–H groups in total. The highest BCUT2D eigenvalue weighted by Gasteiger charge is 2.17. The fourth-order valence-corrected chi connectivity index (χ4v) is 1.33. The van der Waals surface area contributed by atoms with Gasteiger partial charge in [0, 0.05) is 6.07 Å². The first-order valence-electron chi connectivity index (χ1n) is 4.48. The molecule has 6 nitrogen and oxygen atoms in total. The highest BCUT2D eigenvalue weighted by molar-refractivity contribution is 5.91. The molecule has 0 spiro atoms. The lowest BCUT2D eigenvalue weighted by Crippen LogP contribution is -2.36. The Morgan fingerprint density at radius 1 is 1.71 bits per heavy atom. The van der Waals surface area contributed by atoms with E-state index in [2.05, 4.69) is 10.1 Å². The first-order chi connectivity index (χ1) is 6.79. The molecule has 0 aromatic carbocycles. The zero-order chi connectivity index (χ0) is 9.97. The number of nitrogens with one attached hydrogen (secondary N) is 1. The van der Waals surface area contributed by atoms with E-state index in [0.29, 0.717) is 12.3 Å². The van der Waals surface area contributed by atoms with Gasteiger partial charge in [-0.15, -0.1) is 0 Å². The molecule has 1 fully saturated rings. The molecule has 1 saturated heterocycles. The number of carbonyl (C=O) groups is 1. The molecule has 0 atom stereocenters. The van der Waals surface area contributed by atoms with Crippen molar-refractivity contribution in [3.05, 3.63) is 17.5 Å². The van der Waals surface area contributed by atoms with E-state index < -0.39 is 5.91 Å². The topological polar surface area (TPSA) is 84.4 Å². The van der Waals surface area contributed by atoms with Crippen LogP contribution in [0.2, 0.25) is 0 Å². The van der Waals surface area contributed by atoms with Crippen molar-refractivity contribution in [1.29, 1.82) is 0 Å². The van der Waals surface area contributed by atoms with Gasteiger partial charge in [-0.05, 0) is 19.5 Å². The van der Waals surface area contributed by atoms with Crippen molar-refractivity contribution in [2.24, 2.45) is 5.84 Å². The minimum Gasteiger partial charge on any atom is -0.359 e. The van der Waals surface area contributed by atoms with Crippen molar-refractivity contribution >= 4 is 5.91 Å². The third kappa shape index (κ3) is 1.75. The second-order valence-electron chi connectivity index (χ2n) is 3.28. The average Bonchev–Trinajstić information content (AvgIpc) is 2.58. The van der Waals surface area contributed by atoms with Crippen molar-refractivity contribution in [3.8, 4) is 0 Å². The third-order valence-corrected chi connectivity index (χ3v) is 2.25. The molecule has 0 unspecified atom stereocenters. The number of carbonyl (C=O) groups excluding carboxylic acids is 1. The first kappa shape index (κ1) is 9.17. The van der Waals surface area contributed by atoms with E-state index in [-0.39, 0.29) is 5.69 Å². The van der Waals surface area contributed by atoms with E-state index >= 15 is 0 Å². The molecule has 1 aromatic rings. The van der Waals surface area contributed by atoms with Crippen molar-refractivity contribution in [3.63, 3.8) is 0 Å². The summed E-state index contributed by atoms with van der Waals surface area (Å²) in [6.45, 7) is 2.88. The lowest BCUT2D eigenvalue weighted by molar-refractivity contribution is 0.0944. The van der Waals surface area contributed by atoms with Crippen molar-refractivity contribution < 1.29 is 9.32 Å². The maximum atomic E-state index is 11.0. The second-order valence-corrected chi connectivity index (χ2v) is 3.28. The number of hydrogen-bond donors (Lipinski definition) is 2. The predicted octanol–water partition coefficient (Wildman–Crippen LogP) is -0.516. The van der Waals surface area contributed by atoms with Crippen LogP contribution in [0.5, 0.6) is 0 Å². The number of hydrogen-bond acceptors (Lipinski definition) is 5. The van der Waals surface area contributed by atoms with E-state index in [1.54, 1.807) is 6.07 Å². The van der Waals surface area contributed by atoms with Gasteiger partial charge in [-0.25, -0.2) is 5.84 Å². The summed E-state index contributed by atoms with van der Waals surface area (Å²) in [5, 5.41) is 3.60. The number of rotatable bonds is 3. The van der Waals surface area contributed by atoms with Crippen LogP contribution in [-0.2, 0) is 6.54 Å². The molecule has 0 aliphatic carbocycles. The molecule has 76 valence electrons. The monoisotopic (exact) mass is 196 g/mol. The van der Waals surface area contributed by atoms with Crippen LogP contribution in [0.25, 0.3) is 0 Å². The largest absolute Gasteiger partial charge is 0.359 e. The molecule has 0 radical (unpaired) electrons. The van der Waals surface area contributed by atoms with Crippen LogP contribution < -0.4 is 11.3 Å². The maximum absolute atomic E-state index is 11.0. The van der Waals surface area contributed by atoms with Gasteiger partial charge >= 0.3 is 0 Å². The number of nitrogen functional groups attached to an aromatic ring is 1. The minimum absolute atomic E-state index is 0.225. The predicted molar refractivity (Wildman–Crippen MR) is 48.1 cm³/mol. The molecule has 2 heterocycles. The SMILES string of the molecule is NNC(=O)c1cc(CN2CCC2)on1. The van der Waals surface area contributed by atoms with Gasteiger partial charge in [-0.2, -0.15) is 0 Å². The molecular weight excluding hydrogens is 184 g/mol.